The molecule has 20 heavy (non-hydrogen) atoms. The highest BCUT2D eigenvalue weighted by molar-refractivity contribution is 6.00. The summed E-state index contributed by atoms with van der Waals surface area (Å²) < 4.78 is 0. The van der Waals surface area contributed by atoms with E-state index in [0.717, 1.165) is 23.2 Å². The number of amides is 2. The number of hydrogen-bond donors (Lipinski definition) is 3. The Morgan fingerprint density at radius 3 is 2.25 bits per heavy atom. The van der Waals surface area contributed by atoms with Crippen molar-refractivity contribution in [1.82, 2.24) is 0 Å². The van der Waals surface area contributed by atoms with E-state index in [1.165, 1.54) is 0 Å². The van der Waals surface area contributed by atoms with Crippen molar-refractivity contribution in [2.24, 2.45) is 0 Å². The second kappa shape index (κ2) is 6.10. The van der Waals surface area contributed by atoms with Gasteiger partial charge in [-0.3, -0.25) is 0 Å². The van der Waals surface area contributed by atoms with E-state index < -0.39 is 0 Å². The molecule has 0 radical (unpaired) electrons. The lowest BCUT2D eigenvalue weighted by molar-refractivity contribution is 0.262. The summed E-state index contributed by atoms with van der Waals surface area (Å²) in [5.74, 6) is 0. The number of nitrogens with one attached hydrogen (secondary N) is 2. The van der Waals surface area contributed by atoms with Gasteiger partial charge in [0.25, 0.3) is 0 Å². The van der Waals surface area contributed by atoms with Gasteiger partial charge in [-0.25, -0.2) is 4.79 Å². The minimum atomic E-state index is -0.280. The molecule has 0 aromatic heterocycles. The number of rotatable bonds is 3. The molecule has 4 N–H and O–H groups in total. The van der Waals surface area contributed by atoms with Gasteiger partial charge in [0.15, 0.2) is 0 Å². The number of benzene rings is 2. The molecule has 0 fully saturated rings. The minimum absolute atomic E-state index is 0.280. The monoisotopic (exact) mass is 269 g/mol. The average Bonchev–Trinajstić information content (AvgIpc) is 2.41. The molecular weight excluding hydrogens is 250 g/mol. The van der Waals surface area contributed by atoms with Crippen molar-refractivity contribution in [3.63, 3.8) is 0 Å². The predicted molar refractivity (Wildman–Crippen MR) is 84.1 cm³/mol. The third-order valence-electron chi connectivity index (χ3n) is 3.09. The van der Waals surface area contributed by atoms with E-state index in [0.29, 0.717) is 11.4 Å². The maximum absolute atomic E-state index is 11.9. The quantitative estimate of drug-likeness (QED) is 0.742. The maximum Gasteiger partial charge on any atom is 0.323 e. The van der Waals surface area contributed by atoms with Crippen LogP contribution < -0.4 is 16.4 Å². The molecule has 0 unspecified atom stereocenters. The number of urea groups is 1. The van der Waals surface area contributed by atoms with E-state index in [-0.39, 0.29) is 6.03 Å². The molecule has 4 heteroatoms. The average molecular weight is 269 g/mol. The molecule has 0 saturated carbocycles. The van der Waals surface area contributed by atoms with E-state index in [9.17, 15) is 4.79 Å². The third-order valence-corrected chi connectivity index (χ3v) is 3.09. The van der Waals surface area contributed by atoms with Crippen LogP contribution in [0.25, 0.3) is 0 Å². The summed E-state index contributed by atoms with van der Waals surface area (Å²) >= 11 is 0. The van der Waals surface area contributed by atoms with Gasteiger partial charge in [-0.05, 0) is 43.2 Å². The second-order valence-electron chi connectivity index (χ2n) is 4.71. The number of aryl methyl sites for hydroxylation is 2. The number of carbonyl (C=O) groups excluding carboxylic acids is 1. The third kappa shape index (κ3) is 3.51. The maximum atomic E-state index is 11.9. The number of carbonyl (C=O) groups is 1. The Balaban J connectivity index is 2.01. The Hall–Kier alpha value is -2.49. The van der Waals surface area contributed by atoms with Gasteiger partial charge in [-0.2, -0.15) is 0 Å². The van der Waals surface area contributed by atoms with Crippen molar-refractivity contribution >= 4 is 23.1 Å². The largest absolute Gasteiger partial charge is 0.398 e. The lowest BCUT2D eigenvalue weighted by atomic mass is 10.1. The standard InChI is InChI=1S/C16H19N3O/c1-3-12-6-9-14(10-15(12)17)19-16(20)18-13-7-4-11(2)5-8-13/h4-10H,3,17H2,1-2H3,(H2,18,19,20). The summed E-state index contributed by atoms with van der Waals surface area (Å²) in [6.45, 7) is 4.05. The Morgan fingerprint density at radius 2 is 1.65 bits per heavy atom. The Bertz CT molecular complexity index is 606. The van der Waals surface area contributed by atoms with Crippen molar-refractivity contribution in [2.45, 2.75) is 20.3 Å². The first kappa shape index (κ1) is 13.9. The molecular formula is C16H19N3O. The molecule has 2 aromatic rings. The Kier molecular flexibility index (Phi) is 4.25. The molecule has 2 aromatic carbocycles. The second-order valence-corrected chi connectivity index (χ2v) is 4.71. The van der Waals surface area contributed by atoms with Crippen molar-refractivity contribution in [3.05, 3.63) is 53.6 Å². The molecule has 0 saturated heterocycles. The van der Waals surface area contributed by atoms with Crippen LogP contribution in [0.1, 0.15) is 18.1 Å². The SMILES string of the molecule is CCc1ccc(NC(=O)Nc2ccc(C)cc2)cc1N. The fraction of sp³-hybridized carbons (Fsp3) is 0.188. The summed E-state index contributed by atoms with van der Waals surface area (Å²) in [6, 6.07) is 12.9. The van der Waals surface area contributed by atoms with Gasteiger partial charge >= 0.3 is 6.03 Å². The first-order valence-corrected chi connectivity index (χ1v) is 6.61. The zero-order chi connectivity index (χ0) is 14.5. The van der Waals surface area contributed by atoms with Crippen molar-refractivity contribution in [3.8, 4) is 0 Å². The predicted octanol–water partition coefficient (Wildman–Crippen LogP) is 3.78. The fourth-order valence-corrected chi connectivity index (χ4v) is 1.92. The van der Waals surface area contributed by atoms with Crippen LogP contribution in [0.3, 0.4) is 0 Å². The van der Waals surface area contributed by atoms with Crippen LogP contribution in [0.15, 0.2) is 42.5 Å². The molecule has 2 amide bonds. The smallest absolute Gasteiger partial charge is 0.323 e. The van der Waals surface area contributed by atoms with Crippen LogP contribution >= 0.6 is 0 Å². The highest BCUT2D eigenvalue weighted by Gasteiger charge is 2.04. The van der Waals surface area contributed by atoms with Gasteiger partial charge in [0.1, 0.15) is 0 Å². The van der Waals surface area contributed by atoms with E-state index in [2.05, 4.69) is 10.6 Å². The first-order valence-electron chi connectivity index (χ1n) is 6.61. The van der Waals surface area contributed by atoms with Crippen LogP contribution in [0.5, 0.6) is 0 Å². The lowest BCUT2D eigenvalue weighted by Crippen LogP contribution is -2.19. The van der Waals surface area contributed by atoms with Crippen LogP contribution in [0, 0.1) is 6.92 Å². The highest BCUT2D eigenvalue weighted by atomic mass is 16.2. The van der Waals surface area contributed by atoms with Gasteiger partial charge in [0.2, 0.25) is 0 Å². The summed E-state index contributed by atoms with van der Waals surface area (Å²) in [5, 5.41) is 5.54. The molecule has 0 spiro atoms. The van der Waals surface area contributed by atoms with Crippen molar-refractivity contribution in [1.29, 1.82) is 0 Å². The zero-order valence-corrected chi connectivity index (χ0v) is 11.7. The Morgan fingerprint density at radius 1 is 1.05 bits per heavy atom. The summed E-state index contributed by atoms with van der Waals surface area (Å²) in [7, 11) is 0. The molecule has 104 valence electrons. The molecule has 0 aliphatic carbocycles. The number of hydrogen-bond acceptors (Lipinski definition) is 2. The van der Waals surface area contributed by atoms with Crippen LogP contribution in [-0.2, 0) is 6.42 Å². The normalized spacial score (nSPS) is 10.1. The molecule has 4 nitrogen and oxygen atoms in total. The molecule has 0 aliphatic rings. The highest BCUT2D eigenvalue weighted by Crippen LogP contribution is 2.18. The van der Waals surface area contributed by atoms with Gasteiger partial charge in [0, 0.05) is 17.1 Å². The van der Waals surface area contributed by atoms with Crippen molar-refractivity contribution < 1.29 is 4.79 Å². The number of nitrogen functional groups attached to an aromatic ring is 1. The van der Waals surface area contributed by atoms with E-state index >= 15 is 0 Å². The zero-order valence-electron chi connectivity index (χ0n) is 11.7. The molecule has 0 bridgehead atoms. The fourth-order valence-electron chi connectivity index (χ4n) is 1.92. The van der Waals surface area contributed by atoms with Crippen molar-refractivity contribution in [2.75, 3.05) is 16.4 Å². The van der Waals surface area contributed by atoms with E-state index in [1.54, 1.807) is 6.07 Å². The van der Waals surface area contributed by atoms with Crippen LogP contribution in [0.4, 0.5) is 21.9 Å². The summed E-state index contributed by atoms with van der Waals surface area (Å²) in [5.41, 5.74) is 10.3. The van der Waals surface area contributed by atoms with E-state index in [1.807, 2.05) is 50.2 Å². The van der Waals surface area contributed by atoms with Gasteiger partial charge < -0.3 is 16.4 Å². The molecule has 0 heterocycles. The minimum Gasteiger partial charge on any atom is -0.398 e. The Labute approximate surface area is 119 Å². The molecule has 0 atom stereocenters. The first-order chi connectivity index (χ1) is 9.58. The van der Waals surface area contributed by atoms with Crippen LogP contribution in [0.2, 0.25) is 0 Å². The number of nitrogens with two attached hydrogens (primary N) is 1. The van der Waals surface area contributed by atoms with Gasteiger partial charge in [0.05, 0.1) is 0 Å². The lowest BCUT2D eigenvalue weighted by Gasteiger charge is -2.10. The topological polar surface area (TPSA) is 67.2 Å². The van der Waals surface area contributed by atoms with Gasteiger partial charge in [-0.15, -0.1) is 0 Å². The van der Waals surface area contributed by atoms with Crippen LogP contribution in [-0.4, -0.2) is 6.03 Å². The van der Waals surface area contributed by atoms with E-state index in [4.69, 9.17) is 5.73 Å². The summed E-state index contributed by atoms with van der Waals surface area (Å²) in [4.78, 5) is 11.9. The molecule has 0 aliphatic heterocycles. The van der Waals surface area contributed by atoms with Gasteiger partial charge in [-0.1, -0.05) is 30.7 Å². The number of anilines is 3. The summed E-state index contributed by atoms with van der Waals surface area (Å²) in [6.07, 6.45) is 0.877. The molecule has 2 rings (SSSR count).